The molecule has 0 spiro atoms. The van der Waals surface area contributed by atoms with Gasteiger partial charge in [-0.15, -0.1) is 0 Å². The molecule has 2 nitrogen and oxygen atoms in total. The second-order valence-corrected chi connectivity index (χ2v) is 4.04. The molecule has 2 rings (SSSR count). The molecule has 2 aromatic rings. The first-order valence-corrected chi connectivity index (χ1v) is 5.11. The van der Waals surface area contributed by atoms with Gasteiger partial charge < -0.3 is 4.98 Å². The number of H-pyrrole nitrogens is 1. The first-order valence-electron chi connectivity index (χ1n) is 4.73. The molecule has 0 aliphatic rings. The van der Waals surface area contributed by atoms with Crippen molar-refractivity contribution in [2.75, 3.05) is 0 Å². The summed E-state index contributed by atoms with van der Waals surface area (Å²) in [5, 5.41) is 0.901. The van der Waals surface area contributed by atoms with Gasteiger partial charge in [0.15, 0.2) is 5.78 Å². The van der Waals surface area contributed by atoms with Gasteiger partial charge in [0, 0.05) is 27.7 Å². The van der Waals surface area contributed by atoms with E-state index in [1.807, 2.05) is 0 Å². The summed E-state index contributed by atoms with van der Waals surface area (Å²) >= 11 is 5.73. The van der Waals surface area contributed by atoms with Crippen molar-refractivity contribution in [3.63, 3.8) is 0 Å². The molecule has 0 aliphatic carbocycles. The van der Waals surface area contributed by atoms with Crippen LogP contribution in [0.2, 0.25) is 5.02 Å². The Balaban J connectivity index is 2.40. The Hall–Kier alpha value is -1.49. The number of Topliss-reactive ketones (excluding diaryl/α,β-unsaturated/α-hetero) is 1. The number of aromatic nitrogens is 1. The van der Waals surface area contributed by atoms with E-state index in [0.717, 1.165) is 0 Å². The predicted octanol–water partition coefficient (Wildman–Crippen LogP) is 3.96. The van der Waals surface area contributed by atoms with Gasteiger partial charge in [0.2, 0.25) is 0 Å². The second kappa shape index (κ2) is 4.07. The molecule has 6 heteroatoms. The molecule has 0 fully saturated rings. The number of aromatic amines is 1. The lowest BCUT2D eigenvalue weighted by Gasteiger charge is -2.04. The van der Waals surface area contributed by atoms with Gasteiger partial charge in [0.05, 0.1) is 0 Å². The molecule has 0 saturated heterocycles. The molecule has 0 atom stereocenters. The average molecular weight is 262 g/mol. The largest absolute Gasteiger partial charge is 0.396 e. The van der Waals surface area contributed by atoms with Crippen LogP contribution in [0.1, 0.15) is 16.8 Å². The summed E-state index contributed by atoms with van der Waals surface area (Å²) in [6, 6.07) is 4.61. The van der Waals surface area contributed by atoms with Gasteiger partial charge in [0.25, 0.3) is 0 Å². The highest BCUT2D eigenvalue weighted by Gasteiger charge is 2.32. The lowest BCUT2D eigenvalue weighted by atomic mass is 10.1. The minimum absolute atomic E-state index is 0.0361. The molecular formula is C11H7ClF3NO. The highest BCUT2D eigenvalue weighted by atomic mass is 35.5. The first-order chi connectivity index (χ1) is 7.87. The number of carbonyl (C=O) groups excluding carboxylic acids is 1. The van der Waals surface area contributed by atoms with E-state index in [4.69, 9.17) is 11.6 Å². The summed E-state index contributed by atoms with van der Waals surface area (Å²) in [5.41, 5.74) is 0.581. The molecule has 90 valence electrons. The van der Waals surface area contributed by atoms with E-state index in [9.17, 15) is 18.0 Å². The van der Waals surface area contributed by atoms with E-state index in [0.29, 0.717) is 15.9 Å². The van der Waals surface area contributed by atoms with E-state index in [2.05, 4.69) is 4.98 Å². The third-order valence-corrected chi connectivity index (χ3v) is 2.54. The number of carbonyl (C=O) groups is 1. The number of ketones is 1. The van der Waals surface area contributed by atoms with Crippen molar-refractivity contribution in [1.29, 1.82) is 0 Å². The molecule has 0 unspecified atom stereocenters. The Morgan fingerprint density at radius 2 is 2.06 bits per heavy atom. The number of rotatable bonds is 2. The normalized spacial score (nSPS) is 12.0. The standard InChI is InChI=1S/C11H7ClF3NO/c12-6-1-2-7-8(5-16-9(7)3-6)10(17)4-11(13,14)15/h1-3,5,16H,4H2. The van der Waals surface area contributed by atoms with Crippen molar-refractivity contribution < 1.29 is 18.0 Å². The zero-order valence-corrected chi connectivity index (χ0v) is 9.19. The lowest BCUT2D eigenvalue weighted by Crippen LogP contribution is -2.14. The minimum atomic E-state index is -4.49. The van der Waals surface area contributed by atoms with Gasteiger partial charge in [-0.05, 0) is 12.1 Å². The van der Waals surface area contributed by atoms with Gasteiger partial charge in [-0.25, -0.2) is 0 Å². The van der Waals surface area contributed by atoms with Crippen LogP contribution >= 0.6 is 11.6 Å². The summed E-state index contributed by atoms with van der Waals surface area (Å²) in [6.45, 7) is 0. The smallest absolute Gasteiger partial charge is 0.360 e. The number of fused-ring (bicyclic) bond motifs is 1. The molecule has 1 heterocycles. The molecule has 1 N–H and O–H groups in total. The molecule has 17 heavy (non-hydrogen) atoms. The Labute approximate surface area is 99.4 Å². The van der Waals surface area contributed by atoms with Crippen LogP contribution in [-0.4, -0.2) is 16.9 Å². The molecule has 0 bridgehead atoms. The zero-order valence-electron chi connectivity index (χ0n) is 8.44. The van der Waals surface area contributed by atoms with Gasteiger partial charge in [0.1, 0.15) is 6.42 Å². The molecule has 1 aromatic heterocycles. The summed E-state index contributed by atoms with van der Waals surface area (Å²) in [6.07, 6.45) is -4.68. The monoisotopic (exact) mass is 261 g/mol. The molecular weight excluding hydrogens is 255 g/mol. The maximum Gasteiger partial charge on any atom is 0.396 e. The van der Waals surface area contributed by atoms with Crippen LogP contribution in [0.3, 0.4) is 0 Å². The summed E-state index contributed by atoms with van der Waals surface area (Å²) < 4.78 is 36.3. The van der Waals surface area contributed by atoms with Crippen molar-refractivity contribution in [1.82, 2.24) is 4.98 Å². The van der Waals surface area contributed by atoms with Crippen LogP contribution in [-0.2, 0) is 0 Å². The number of halogens is 4. The van der Waals surface area contributed by atoms with Crippen LogP contribution in [0.4, 0.5) is 13.2 Å². The third kappa shape index (κ3) is 2.61. The topological polar surface area (TPSA) is 32.9 Å². The number of alkyl halides is 3. The fraction of sp³-hybridized carbons (Fsp3) is 0.182. The van der Waals surface area contributed by atoms with Gasteiger partial charge in [-0.2, -0.15) is 13.2 Å². The third-order valence-electron chi connectivity index (χ3n) is 2.31. The maximum atomic E-state index is 12.1. The SMILES string of the molecule is O=C(CC(F)(F)F)c1c[nH]c2cc(Cl)ccc12. The molecule has 0 radical (unpaired) electrons. The van der Waals surface area contributed by atoms with Gasteiger partial charge in [-0.3, -0.25) is 4.79 Å². The molecule has 0 aliphatic heterocycles. The Kier molecular flexibility index (Phi) is 2.87. The van der Waals surface area contributed by atoms with E-state index in [1.54, 1.807) is 6.07 Å². The number of benzene rings is 1. The molecule has 0 saturated carbocycles. The van der Waals surface area contributed by atoms with Crippen LogP contribution in [0.5, 0.6) is 0 Å². The highest BCUT2D eigenvalue weighted by molar-refractivity contribution is 6.31. The van der Waals surface area contributed by atoms with Crippen molar-refractivity contribution in [3.8, 4) is 0 Å². The van der Waals surface area contributed by atoms with E-state index >= 15 is 0 Å². The number of nitrogens with one attached hydrogen (secondary N) is 1. The quantitative estimate of drug-likeness (QED) is 0.816. The van der Waals surface area contributed by atoms with E-state index < -0.39 is 18.4 Å². The van der Waals surface area contributed by atoms with Gasteiger partial charge >= 0.3 is 6.18 Å². The summed E-state index contributed by atoms with van der Waals surface area (Å²) in [5.74, 6) is -0.953. The van der Waals surface area contributed by atoms with Crippen LogP contribution in [0.25, 0.3) is 10.9 Å². The van der Waals surface area contributed by atoms with E-state index in [-0.39, 0.29) is 5.56 Å². The van der Waals surface area contributed by atoms with Crippen molar-refractivity contribution in [2.24, 2.45) is 0 Å². The summed E-state index contributed by atoms with van der Waals surface area (Å²) in [7, 11) is 0. The zero-order chi connectivity index (χ0) is 12.6. The minimum Gasteiger partial charge on any atom is -0.360 e. The Morgan fingerprint density at radius 1 is 1.35 bits per heavy atom. The van der Waals surface area contributed by atoms with Crippen LogP contribution < -0.4 is 0 Å². The average Bonchev–Trinajstić information content (AvgIpc) is 2.57. The van der Waals surface area contributed by atoms with Crippen molar-refractivity contribution in [3.05, 3.63) is 35.0 Å². The Bertz CT molecular complexity index is 574. The molecule has 1 aromatic carbocycles. The number of hydrogen-bond donors (Lipinski definition) is 1. The first kappa shape index (κ1) is 12.0. The van der Waals surface area contributed by atoms with E-state index in [1.165, 1.54) is 18.3 Å². The van der Waals surface area contributed by atoms with Crippen molar-refractivity contribution in [2.45, 2.75) is 12.6 Å². The van der Waals surface area contributed by atoms with Gasteiger partial charge in [-0.1, -0.05) is 17.7 Å². The molecule has 0 amide bonds. The highest BCUT2D eigenvalue weighted by Crippen LogP contribution is 2.27. The lowest BCUT2D eigenvalue weighted by molar-refractivity contribution is -0.125. The van der Waals surface area contributed by atoms with Crippen molar-refractivity contribution >= 4 is 28.3 Å². The maximum absolute atomic E-state index is 12.1. The van der Waals surface area contributed by atoms with Crippen LogP contribution in [0.15, 0.2) is 24.4 Å². The predicted molar refractivity (Wildman–Crippen MR) is 58.3 cm³/mol. The number of hydrogen-bond acceptors (Lipinski definition) is 1. The fourth-order valence-electron chi connectivity index (χ4n) is 1.61. The second-order valence-electron chi connectivity index (χ2n) is 3.61. The Morgan fingerprint density at radius 3 is 2.71 bits per heavy atom. The summed E-state index contributed by atoms with van der Waals surface area (Å²) in [4.78, 5) is 14.2. The van der Waals surface area contributed by atoms with Crippen LogP contribution in [0, 0.1) is 0 Å². The fourth-order valence-corrected chi connectivity index (χ4v) is 1.78.